The lowest BCUT2D eigenvalue weighted by atomic mass is 9.80. The van der Waals surface area contributed by atoms with E-state index in [4.69, 9.17) is 10.8 Å². The number of aryl methyl sites for hydroxylation is 1. The van der Waals surface area contributed by atoms with Crippen molar-refractivity contribution in [3.05, 3.63) is 155 Å². The number of carbonyl (C=O) groups excluding carboxylic acids is 1. The van der Waals surface area contributed by atoms with E-state index < -0.39 is 53.7 Å². The van der Waals surface area contributed by atoms with Gasteiger partial charge >= 0.3 is 18.3 Å². The van der Waals surface area contributed by atoms with E-state index in [1.807, 2.05) is 0 Å². The zero-order valence-electron chi connectivity index (χ0n) is 35.8. The third-order valence-electron chi connectivity index (χ3n) is 11.2. The molecule has 2 aliphatic rings. The summed E-state index contributed by atoms with van der Waals surface area (Å²) in [4.78, 5) is 25.3. The lowest BCUT2D eigenvalue weighted by molar-refractivity contribution is -0.144. The lowest BCUT2D eigenvalue weighted by Gasteiger charge is -2.35. The minimum atomic E-state index is -4.50. The number of carboxylic acids is 1. The van der Waals surface area contributed by atoms with E-state index in [-0.39, 0.29) is 81.6 Å². The molecule has 2 saturated carbocycles. The molecule has 22 heteroatoms. The molecule has 8 nitrogen and oxygen atoms in total. The number of Topliss-reactive ketones (excluding diaryl/α,β-unsaturated/α-hetero) is 1. The second kappa shape index (κ2) is 22.8. The number of benzene rings is 4. The molecular formula is C47H41F12N5O3S2. The third-order valence-corrected chi connectivity index (χ3v) is 14.0. The molecule has 6 aromatic rings. The molecule has 0 amide bonds. The van der Waals surface area contributed by atoms with Gasteiger partial charge in [-0.2, -0.15) is 36.5 Å². The highest BCUT2D eigenvalue weighted by atomic mass is 32.2. The molecule has 2 aliphatic carbocycles. The summed E-state index contributed by atoms with van der Waals surface area (Å²) >= 11 is 3.03. The second-order valence-corrected chi connectivity index (χ2v) is 18.4. The maximum absolute atomic E-state index is 13.5. The number of nitrogens with two attached hydrogens (primary N) is 1. The highest BCUT2D eigenvalue weighted by molar-refractivity contribution is 8.00. The van der Waals surface area contributed by atoms with Gasteiger partial charge in [0.15, 0.2) is 0 Å². The monoisotopic (exact) mass is 1020 g/mol. The van der Waals surface area contributed by atoms with Crippen molar-refractivity contribution < 1.29 is 67.4 Å². The van der Waals surface area contributed by atoms with Gasteiger partial charge in [-0.05, 0) is 129 Å². The maximum atomic E-state index is 13.5. The average Bonchev–Trinajstić information content (AvgIpc) is 3.93. The largest absolute Gasteiger partial charge is 0.481 e. The van der Waals surface area contributed by atoms with Gasteiger partial charge in [-0.15, -0.1) is 23.5 Å². The van der Waals surface area contributed by atoms with Crippen molar-refractivity contribution in [1.29, 1.82) is 0 Å². The number of carboxylic acid groups (broad SMARTS) is 1. The highest BCUT2D eigenvalue weighted by Gasteiger charge is 2.38. The Hall–Kier alpha value is -5.74. The van der Waals surface area contributed by atoms with Crippen molar-refractivity contribution in [3.8, 4) is 11.4 Å². The summed E-state index contributed by atoms with van der Waals surface area (Å²) in [6, 6.07) is 20.3. The number of carbonyl (C=O) groups is 2. The fourth-order valence-electron chi connectivity index (χ4n) is 7.13. The number of hydrogen-bond donors (Lipinski definition) is 2. The topological polar surface area (TPSA) is 116 Å². The first kappa shape index (κ1) is 52.6. The van der Waals surface area contributed by atoms with Crippen LogP contribution in [0.2, 0.25) is 0 Å². The Morgan fingerprint density at radius 1 is 0.609 bits per heavy atom. The normalized spacial score (nSPS) is 17.8. The van der Waals surface area contributed by atoms with Crippen LogP contribution in [0.3, 0.4) is 0 Å². The Morgan fingerprint density at radius 3 is 1.33 bits per heavy atom. The number of aromatic nitrogens is 4. The molecule has 2 heterocycles. The predicted octanol–water partition coefficient (Wildman–Crippen LogP) is 13.1. The van der Waals surface area contributed by atoms with Crippen molar-refractivity contribution in [2.45, 2.75) is 90.6 Å². The number of thioether (sulfide) groups is 2. The van der Waals surface area contributed by atoms with Crippen LogP contribution < -0.4 is 5.73 Å². The average molecular weight is 1020 g/mol. The Balaban J connectivity index is 0.000000188. The van der Waals surface area contributed by atoms with Gasteiger partial charge in [-0.25, -0.2) is 35.7 Å². The summed E-state index contributed by atoms with van der Waals surface area (Å²) in [6.07, 6.45) is -8.64. The zero-order chi connectivity index (χ0) is 50.2. The molecule has 2 fully saturated rings. The first-order valence-electron chi connectivity index (χ1n) is 21.0. The molecule has 0 aliphatic heterocycles. The predicted molar refractivity (Wildman–Crippen MR) is 233 cm³/mol. The van der Waals surface area contributed by atoms with Crippen molar-refractivity contribution >= 4 is 35.3 Å². The first-order valence-corrected chi connectivity index (χ1v) is 22.8. The molecular weight excluding hydrogens is 975 g/mol. The molecule has 4 atom stereocenters. The summed E-state index contributed by atoms with van der Waals surface area (Å²) < 4.78 is 156. The molecule has 2 aromatic heterocycles. The molecule has 4 unspecified atom stereocenters. The van der Waals surface area contributed by atoms with Crippen LogP contribution in [0, 0.1) is 23.5 Å². The first-order chi connectivity index (χ1) is 32.6. The Morgan fingerprint density at radius 2 is 1.00 bits per heavy atom. The molecule has 69 heavy (non-hydrogen) atoms. The fraction of sp³-hybridized carbons (Fsp3) is 0.319. The molecule has 368 valence electrons. The van der Waals surface area contributed by atoms with Gasteiger partial charge in [-0.3, -0.25) is 9.59 Å². The Labute approximate surface area is 395 Å². The number of aliphatic carboxylic acids is 1. The van der Waals surface area contributed by atoms with E-state index in [2.05, 4.69) is 10.2 Å². The van der Waals surface area contributed by atoms with Gasteiger partial charge in [0, 0.05) is 62.7 Å². The van der Waals surface area contributed by atoms with E-state index in [0.717, 1.165) is 86.9 Å². The zero-order valence-corrected chi connectivity index (χ0v) is 37.4. The fourth-order valence-corrected chi connectivity index (χ4v) is 9.79. The van der Waals surface area contributed by atoms with Crippen LogP contribution >= 0.6 is 23.5 Å². The summed E-state index contributed by atoms with van der Waals surface area (Å²) in [5.41, 5.74) is 3.50. The molecule has 0 saturated heterocycles. The van der Waals surface area contributed by atoms with Crippen LogP contribution in [-0.4, -0.2) is 46.9 Å². The van der Waals surface area contributed by atoms with Gasteiger partial charge in [0.2, 0.25) is 0 Å². The minimum Gasteiger partial charge on any atom is -0.481 e. The maximum Gasteiger partial charge on any atom is 0.416 e. The quantitative estimate of drug-likeness (QED) is 0.104. The lowest BCUT2D eigenvalue weighted by Crippen LogP contribution is -2.35. The van der Waals surface area contributed by atoms with Crippen LogP contribution in [-0.2, 0) is 34.9 Å². The molecule has 4 aromatic carbocycles. The Bertz CT molecular complexity index is 2640. The summed E-state index contributed by atoms with van der Waals surface area (Å²) in [6.45, 7) is -0.125. The molecule has 8 rings (SSSR count). The van der Waals surface area contributed by atoms with Gasteiger partial charge in [-0.1, -0.05) is 0 Å². The number of ketones is 1. The minimum absolute atomic E-state index is 0.0339. The standard InChI is InChI=1S/C24H20F6N2OS.C12H10F5N3.C11H11FO2S/c25-16-4-8-18(9-5-16)34-21-12-10-19(21)20(33)11-1-14-13-32(31-22(14)23(26)27)17-6-2-15(3-7-17)24(28,29)30;13-11(14)10-7(5-18)6-20(19-10)9-3-1-8(2-4-9)12(15,16)17;12-7-1-3-8(4-2-7)15-10-6-5-9(10)11(13)14/h2-9,13,19,21,23H,1,10-12H2;1-4,6,11H,5,18H2;1-4,9-10H,5-6H2,(H,13,14). The Kier molecular flexibility index (Phi) is 17.4. The van der Waals surface area contributed by atoms with Crippen LogP contribution in [0.5, 0.6) is 0 Å². The van der Waals surface area contributed by atoms with Crippen LogP contribution in [0.15, 0.2) is 119 Å². The van der Waals surface area contributed by atoms with Crippen LogP contribution in [0.4, 0.5) is 52.7 Å². The van der Waals surface area contributed by atoms with Gasteiger partial charge in [0.25, 0.3) is 12.9 Å². The number of halogens is 12. The number of alkyl halides is 10. The number of nitrogens with zero attached hydrogens (tertiary/aromatic N) is 4. The van der Waals surface area contributed by atoms with E-state index >= 15 is 0 Å². The summed E-state index contributed by atoms with van der Waals surface area (Å²) in [5, 5.41) is 16.6. The summed E-state index contributed by atoms with van der Waals surface area (Å²) in [7, 11) is 0. The molecule has 0 spiro atoms. The van der Waals surface area contributed by atoms with Crippen molar-refractivity contribution in [2.75, 3.05) is 0 Å². The van der Waals surface area contributed by atoms with E-state index in [1.54, 1.807) is 24.3 Å². The van der Waals surface area contributed by atoms with Gasteiger partial charge in [0.05, 0.1) is 28.4 Å². The van der Waals surface area contributed by atoms with Gasteiger partial charge < -0.3 is 10.8 Å². The second-order valence-electron chi connectivity index (χ2n) is 15.8. The van der Waals surface area contributed by atoms with Crippen LogP contribution in [0.25, 0.3) is 11.4 Å². The van der Waals surface area contributed by atoms with E-state index in [0.29, 0.717) is 6.42 Å². The summed E-state index contributed by atoms with van der Waals surface area (Å²) in [5.74, 6) is -1.79. The smallest absolute Gasteiger partial charge is 0.416 e. The van der Waals surface area contributed by atoms with Crippen molar-refractivity contribution in [1.82, 2.24) is 19.6 Å². The molecule has 0 bridgehead atoms. The van der Waals surface area contributed by atoms with Crippen molar-refractivity contribution in [3.63, 3.8) is 0 Å². The van der Waals surface area contributed by atoms with Crippen molar-refractivity contribution in [2.24, 2.45) is 17.6 Å². The number of hydrogen-bond acceptors (Lipinski definition) is 7. The number of rotatable bonds is 14. The van der Waals surface area contributed by atoms with E-state index in [9.17, 15) is 62.3 Å². The molecule has 3 N–H and O–H groups in total. The highest BCUT2D eigenvalue weighted by Crippen LogP contribution is 2.43. The third kappa shape index (κ3) is 14.0. The van der Waals surface area contributed by atoms with E-state index in [1.165, 1.54) is 60.2 Å². The SMILES string of the molecule is NCc1cn(-c2ccc(C(F)(F)F)cc2)nc1C(F)F.O=C(CCc1cn(-c2ccc(C(F)(F)F)cc2)nc1C(F)F)C1CCC1Sc1ccc(F)cc1.O=C(O)C1CCC1Sc1ccc(F)cc1. The molecule has 0 radical (unpaired) electrons. The van der Waals surface area contributed by atoms with Gasteiger partial charge in [0.1, 0.15) is 28.8 Å². The van der Waals surface area contributed by atoms with Crippen LogP contribution in [0.1, 0.15) is 78.6 Å².